The van der Waals surface area contributed by atoms with Gasteiger partial charge in [0.2, 0.25) is 5.91 Å². The normalized spacial score (nSPS) is 15.2. The predicted octanol–water partition coefficient (Wildman–Crippen LogP) is 5.65. The van der Waals surface area contributed by atoms with Crippen LogP contribution < -0.4 is 5.32 Å². The van der Waals surface area contributed by atoms with Crippen molar-refractivity contribution < 1.29 is 14.0 Å². The van der Waals surface area contributed by atoms with Crippen LogP contribution in [-0.2, 0) is 17.9 Å². The van der Waals surface area contributed by atoms with Gasteiger partial charge in [-0.25, -0.2) is 4.68 Å². The van der Waals surface area contributed by atoms with E-state index in [0.717, 1.165) is 37.7 Å². The molecule has 1 atom stereocenters. The molecule has 3 heterocycles. The first-order valence-corrected chi connectivity index (χ1v) is 12.9. The molecular formula is C28H24BrN5O3. The van der Waals surface area contributed by atoms with Crippen LogP contribution in [0.4, 0.5) is 5.69 Å². The molecule has 1 aliphatic heterocycles. The minimum absolute atomic E-state index is 0.134. The predicted molar refractivity (Wildman–Crippen MR) is 144 cm³/mol. The number of benzene rings is 3. The summed E-state index contributed by atoms with van der Waals surface area (Å²) >= 11 is 3.45. The largest absolute Gasteiger partial charge is 0.456 e. The smallest absolute Gasteiger partial charge is 0.254 e. The van der Waals surface area contributed by atoms with E-state index < -0.39 is 5.92 Å². The lowest BCUT2D eigenvalue weighted by molar-refractivity contribution is -0.118. The summed E-state index contributed by atoms with van der Waals surface area (Å²) in [5.74, 6) is -0.962. The Balaban J connectivity index is 1.33. The minimum atomic E-state index is -0.616. The number of furan rings is 1. The van der Waals surface area contributed by atoms with Crippen molar-refractivity contribution in [2.45, 2.75) is 32.9 Å². The van der Waals surface area contributed by atoms with Crippen molar-refractivity contribution in [1.82, 2.24) is 19.9 Å². The van der Waals surface area contributed by atoms with E-state index in [1.807, 2.05) is 68.4 Å². The van der Waals surface area contributed by atoms with Crippen molar-refractivity contribution in [2.24, 2.45) is 0 Å². The Hall–Kier alpha value is -3.98. The summed E-state index contributed by atoms with van der Waals surface area (Å²) in [7, 11) is 0. The van der Waals surface area contributed by atoms with Gasteiger partial charge in [0.25, 0.3) is 5.91 Å². The average molecular weight is 558 g/mol. The van der Waals surface area contributed by atoms with E-state index in [4.69, 9.17) is 4.42 Å². The fourth-order valence-corrected chi connectivity index (χ4v) is 5.54. The van der Waals surface area contributed by atoms with Crippen molar-refractivity contribution in [3.05, 3.63) is 87.7 Å². The highest BCUT2D eigenvalue weighted by molar-refractivity contribution is 9.10. The standard InChI is InChI=1S/C28H24BrN5O3/c1-3-34-26-22(14-33(15-23(26)31-32-34)28(36)19-10-8-17(29)12-16(19)2)27(35)30-18-9-11-25-21(13-18)20-6-4-5-7-24(20)37-25/h4-13,22H,3,14-15H2,1-2H3,(H,30,35). The van der Waals surface area contributed by atoms with Crippen LogP contribution in [0.15, 0.2) is 69.6 Å². The number of carbonyl (C=O) groups is 2. The monoisotopic (exact) mass is 557 g/mol. The first-order chi connectivity index (χ1) is 17.9. The van der Waals surface area contributed by atoms with E-state index in [0.29, 0.717) is 30.0 Å². The lowest BCUT2D eigenvalue weighted by Gasteiger charge is -2.32. The molecule has 1 aliphatic rings. The number of hydrogen-bond donors (Lipinski definition) is 1. The summed E-state index contributed by atoms with van der Waals surface area (Å²) in [4.78, 5) is 28.9. The molecule has 2 aromatic heterocycles. The van der Waals surface area contributed by atoms with E-state index in [1.165, 1.54) is 0 Å². The summed E-state index contributed by atoms with van der Waals surface area (Å²) in [6, 6.07) is 19.0. The summed E-state index contributed by atoms with van der Waals surface area (Å²) in [5.41, 5.74) is 5.09. The van der Waals surface area contributed by atoms with Crippen LogP contribution in [0.5, 0.6) is 0 Å². The van der Waals surface area contributed by atoms with Crippen molar-refractivity contribution >= 4 is 55.4 Å². The molecule has 1 unspecified atom stereocenters. The Labute approximate surface area is 221 Å². The third kappa shape index (κ3) is 4.09. The molecule has 0 spiro atoms. The van der Waals surface area contributed by atoms with E-state index >= 15 is 0 Å². The van der Waals surface area contributed by atoms with Crippen LogP contribution in [0.3, 0.4) is 0 Å². The quantitative estimate of drug-likeness (QED) is 0.308. The molecule has 186 valence electrons. The van der Waals surface area contributed by atoms with Crippen molar-refractivity contribution in [2.75, 3.05) is 11.9 Å². The zero-order valence-electron chi connectivity index (χ0n) is 20.4. The highest BCUT2D eigenvalue weighted by Gasteiger charge is 2.37. The fourth-order valence-electron chi connectivity index (χ4n) is 5.07. The first-order valence-electron chi connectivity index (χ1n) is 12.1. The topological polar surface area (TPSA) is 93.3 Å². The zero-order chi connectivity index (χ0) is 25.7. The van der Waals surface area contributed by atoms with E-state index in [9.17, 15) is 9.59 Å². The second kappa shape index (κ2) is 9.15. The summed E-state index contributed by atoms with van der Waals surface area (Å²) < 4.78 is 8.57. The summed E-state index contributed by atoms with van der Waals surface area (Å²) in [6.45, 7) is 4.99. The number of anilines is 1. The summed E-state index contributed by atoms with van der Waals surface area (Å²) in [6.07, 6.45) is 0. The van der Waals surface area contributed by atoms with Gasteiger partial charge in [-0.3, -0.25) is 9.59 Å². The van der Waals surface area contributed by atoms with Gasteiger partial charge in [-0.2, -0.15) is 0 Å². The van der Waals surface area contributed by atoms with Gasteiger partial charge >= 0.3 is 0 Å². The molecule has 0 radical (unpaired) electrons. The van der Waals surface area contributed by atoms with Crippen molar-refractivity contribution in [3.8, 4) is 0 Å². The Morgan fingerprint density at radius 1 is 1.08 bits per heavy atom. The lowest BCUT2D eigenvalue weighted by Crippen LogP contribution is -2.43. The van der Waals surface area contributed by atoms with E-state index in [1.54, 1.807) is 15.6 Å². The van der Waals surface area contributed by atoms with Crippen LogP contribution in [0.1, 0.15) is 40.2 Å². The molecule has 0 saturated heterocycles. The molecule has 9 heteroatoms. The Kier molecular flexibility index (Phi) is 5.79. The highest BCUT2D eigenvalue weighted by Crippen LogP contribution is 2.33. The molecule has 5 aromatic rings. The van der Waals surface area contributed by atoms with Gasteiger partial charge in [0.15, 0.2) is 0 Å². The number of nitrogens with one attached hydrogen (secondary N) is 1. The maximum Gasteiger partial charge on any atom is 0.254 e. The number of rotatable bonds is 4. The number of nitrogens with zero attached hydrogens (tertiary/aromatic N) is 4. The molecule has 6 rings (SSSR count). The maximum absolute atomic E-state index is 13.7. The van der Waals surface area contributed by atoms with Gasteiger partial charge in [0.05, 0.1) is 18.2 Å². The number of fused-ring (bicyclic) bond motifs is 4. The molecule has 0 bridgehead atoms. The molecule has 37 heavy (non-hydrogen) atoms. The van der Waals surface area contributed by atoms with E-state index in [2.05, 4.69) is 31.6 Å². The average Bonchev–Trinajstić information content (AvgIpc) is 3.48. The third-order valence-corrected chi connectivity index (χ3v) is 7.38. The second-order valence-electron chi connectivity index (χ2n) is 9.23. The molecule has 8 nitrogen and oxygen atoms in total. The highest BCUT2D eigenvalue weighted by atomic mass is 79.9. The number of carbonyl (C=O) groups excluding carboxylic acids is 2. The molecule has 0 aliphatic carbocycles. The number of amides is 2. The molecule has 1 N–H and O–H groups in total. The Morgan fingerprint density at radius 3 is 2.70 bits per heavy atom. The van der Waals surface area contributed by atoms with Crippen LogP contribution in [0.25, 0.3) is 21.9 Å². The van der Waals surface area contributed by atoms with E-state index in [-0.39, 0.29) is 18.4 Å². The van der Waals surface area contributed by atoms with Crippen LogP contribution in [0.2, 0.25) is 0 Å². The number of aromatic nitrogens is 3. The van der Waals surface area contributed by atoms with Crippen molar-refractivity contribution in [1.29, 1.82) is 0 Å². The van der Waals surface area contributed by atoms with Crippen molar-refractivity contribution in [3.63, 3.8) is 0 Å². The minimum Gasteiger partial charge on any atom is -0.456 e. The zero-order valence-corrected chi connectivity index (χ0v) is 21.9. The number of halogens is 1. The number of para-hydroxylation sites is 1. The van der Waals surface area contributed by atoms with Crippen LogP contribution in [-0.4, -0.2) is 38.3 Å². The second-order valence-corrected chi connectivity index (χ2v) is 10.1. The molecular weight excluding hydrogens is 534 g/mol. The Bertz CT molecular complexity index is 1690. The Morgan fingerprint density at radius 2 is 1.89 bits per heavy atom. The summed E-state index contributed by atoms with van der Waals surface area (Å²) in [5, 5.41) is 13.6. The number of aryl methyl sites for hydroxylation is 2. The maximum atomic E-state index is 13.7. The van der Waals surface area contributed by atoms with Crippen LogP contribution in [0, 0.1) is 6.92 Å². The molecule has 0 fully saturated rings. The van der Waals surface area contributed by atoms with Gasteiger partial charge in [-0.15, -0.1) is 5.10 Å². The van der Waals surface area contributed by atoms with Gasteiger partial charge < -0.3 is 14.6 Å². The molecule has 3 aromatic carbocycles. The van der Waals surface area contributed by atoms with Gasteiger partial charge in [-0.05, 0) is 61.9 Å². The fraction of sp³-hybridized carbons (Fsp3) is 0.214. The van der Waals surface area contributed by atoms with Gasteiger partial charge in [-0.1, -0.05) is 39.3 Å². The van der Waals surface area contributed by atoms with Gasteiger partial charge in [0.1, 0.15) is 16.9 Å². The third-order valence-electron chi connectivity index (χ3n) is 6.89. The van der Waals surface area contributed by atoms with Crippen LogP contribution >= 0.6 is 15.9 Å². The lowest BCUT2D eigenvalue weighted by atomic mass is 9.95. The SMILES string of the molecule is CCn1nnc2c1C(C(=O)Nc1ccc3oc4ccccc4c3c1)CN(C(=O)c1ccc(Br)cc1C)C2. The van der Waals surface area contributed by atoms with Gasteiger partial charge in [0, 0.05) is 39.6 Å². The molecule has 2 amide bonds. The first kappa shape index (κ1) is 23.4. The molecule has 0 saturated carbocycles. The number of hydrogen-bond acceptors (Lipinski definition) is 5.